The van der Waals surface area contributed by atoms with Crippen molar-refractivity contribution in [2.75, 3.05) is 13.1 Å². The zero-order valence-electron chi connectivity index (χ0n) is 9.26. The molecule has 2 aliphatic rings. The molecule has 0 radical (unpaired) electrons. The minimum absolute atomic E-state index is 0.944. The van der Waals surface area contributed by atoms with Crippen molar-refractivity contribution in [3.63, 3.8) is 0 Å². The van der Waals surface area contributed by atoms with Gasteiger partial charge in [0, 0.05) is 12.8 Å². The van der Waals surface area contributed by atoms with Crippen LogP contribution in [-0.4, -0.2) is 29.7 Å². The molecule has 1 nitrogen and oxygen atoms in total. The minimum atomic E-state index is 0.944. The van der Waals surface area contributed by atoms with Gasteiger partial charge < -0.3 is 4.48 Å². The van der Waals surface area contributed by atoms with Gasteiger partial charge in [0.25, 0.3) is 0 Å². The standard InChI is InChI=1S/C12H24N/c1-11-7-3-4-8-12(2)13(11)9-5-6-10-13/h11-12H,3-10H2,1-2H3/q+1. The predicted molar refractivity (Wildman–Crippen MR) is 56.6 cm³/mol. The van der Waals surface area contributed by atoms with Crippen LogP contribution in [0.25, 0.3) is 0 Å². The number of rotatable bonds is 0. The lowest BCUT2D eigenvalue weighted by molar-refractivity contribution is -0.959. The third-order valence-corrected chi connectivity index (χ3v) is 4.65. The molecule has 0 aliphatic carbocycles. The fourth-order valence-corrected chi connectivity index (χ4v) is 3.63. The molecule has 0 aromatic carbocycles. The van der Waals surface area contributed by atoms with Crippen LogP contribution in [0.5, 0.6) is 0 Å². The van der Waals surface area contributed by atoms with Gasteiger partial charge in [-0.05, 0) is 39.5 Å². The summed E-state index contributed by atoms with van der Waals surface area (Å²) in [6.07, 6.45) is 8.87. The first-order valence-electron chi connectivity index (χ1n) is 6.12. The van der Waals surface area contributed by atoms with Crippen molar-refractivity contribution >= 4 is 0 Å². The zero-order chi connectivity index (χ0) is 9.31. The summed E-state index contributed by atoms with van der Waals surface area (Å²) in [6, 6.07) is 1.89. The van der Waals surface area contributed by atoms with Crippen LogP contribution in [0.4, 0.5) is 0 Å². The summed E-state index contributed by atoms with van der Waals surface area (Å²) in [5.41, 5.74) is 0. The molecule has 1 spiro atoms. The Morgan fingerprint density at radius 3 is 1.69 bits per heavy atom. The molecule has 76 valence electrons. The first kappa shape index (κ1) is 9.51. The third-order valence-electron chi connectivity index (χ3n) is 4.65. The molecular formula is C12H24N+. The normalized spacial score (nSPS) is 39.2. The Kier molecular flexibility index (Phi) is 2.64. The Labute approximate surface area is 82.7 Å². The second kappa shape index (κ2) is 3.61. The van der Waals surface area contributed by atoms with Crippen LogP contribution in [0.15, 0.2) is 0 Å². The number of hydrogen-bond donors (Lipinski definition) is 0. The summed E-state index contributed by atoms with van der Waals surface area (Å²) < 4.78 is 1.47. The lowest BCUT2D eigenvalue weighted by Gasteiger charge is -2.43. The Hall–Kier alpha value is -0.0400. The highest BCUT2D eigenvalue weighted by Gasteiger charge is 2.42. The van der Waals surface area contributed by atoms with E-state index in [0.717, 1.165) is 12.1 Å². The first-order chi connectivity index (χ1) is 6.26. The predicted octanol–water partition coefficient (Wildman–Crippen LogP) is 2.95. The van der Waals surface area contributed by atoms with Crippen molar-refractivity contribution in [1.82, 2.24) is 0 Å². The maximum absolute atomic E-state index is 2.49. The zero-order valence-corrected chi connectivity index (χ0v) is 9.26. The average molecular weight is 182 g/mol. The van der Waals surface area contributed by atoms with E-state index >= 15 is 0 Å². The fourth-order valence-electron chi connectivity index (χ4n) is 3.63. The molecule has 0 aromatic heterocycles. The largest absolute Gasteiger partial charge is 0.319 e. The Bertz CT molecular complexity index is 156. The molecule has 2 heterocycles. The third kappa shape index (κ3) is 1.52. The Morgan fingerprint density at radius 1 is 0.769 bits per heavy atom. The molecule has 0 amide bonds. The van der Waals surface area contributed by atoms with Crippen LogP contribution >= 0.6 is 0 Å². The van der Waals surface area contributed by atoms with Gasteiger partial charge in [-0.15, -0.1) is 0 Å². The van der Waals surface area contributed by atoms with E-state index in [4.69, 9.17) is 0 Å². The van der Waals surface area contributed by atoms with Gasteiger partial charge in [0.2, 0.25) is 0 Å². The van der Waals surface area contributed by atoms with Gasteiger partial charge in [-0.1, -0.05) is 0 Å². The summed E-state index contributed by atoms with van der Waals surface area (Å²) in [6.45, 7) is 7.94. The highest BCUT2D eigenvalue weighted by molar-refractivity contribution is 4.70. The first-order valence-corrected chi connectivity index (χ1v) is 6.12. The van der Waals surface area contributed by atoms with Gasteiger partial charge in [-0.25, -0.2) is 0 Å². The number of quaternary nitrogens is 1. The number of hydrogen-bond acceptors (Lipinski definition) is 0. The summed E-state index contributed by atoms with van der Waals surface area (Å²) >= 11 is 0. The molecule has 2 unspecified atom stereocenters. The number of nitrogens with zero attached hydrogens (tertiary/aromatic N) is 1. The van der Waals surface area contributed by atoms with Crippen molar-refractivity contribution in [3.8, 4) is 0 Å². The van der Waals surface area contributed by atoms with Crippen LogP contribution in [0.3, 0.4) is 0 Å². The molecule has 1 heteroatoms. The highest BCUT2D eigenvalue weighted by atomic mass is 15.4. The van der Waals surface area contributed by atoms with E-state index in [-0.39, 0.29) is 0 Å². The van der Waals surface area contributed by atoms with Crippen molar-refractivity contribution in [2.24, 2.45) is 0 Å². The molecule has 0 bridgehead atoms. The average Bonchev–Trinajstić information content (AvgIpc) is 2.56. The molecule has 0 saturated carbocycles. The van der Waals surface area contributed by atoms with Crippen molar-refractivity contribution in [3.05, 3.63) is 0 Å². The molecule has 2 rings (SSSR count). The quantitative estimate of drug-likeness (QED) is 0.505. The molecule has 0 N–H and O–H groups in total. The van der Waals surface area contributed by atoms with Crippen LogP contribution in [-0.2, 0) is 0 Å². The Morgan fingerprint density at radius 2 is 1.23 bits per heavy atom. The second-order valence-corrected chi connectivity index (χ2v) is 5.24. The fraction of sp³-hybridized carbons (Fsp3) is 1.00. The summed E-state index contributed by atoms with van der Waals surface area (Å²) in [5, 5.41) is 0. The van der Waals surface area contributed by atoms with E-state index in [9.17, 15) is 0 Å². The minimum Gasteiger partial charge on any atom is -0.319 e. The van der Waals surface area contributed by atoms with Crippen LogP contribution in [0.2, 0.25) is 0 Å². The van der Waals surface area contributed by atoms with Gasteiger partial charge in [0.05, 0.1) is 25.2 Å². The van der Waals surface area contributed by atoms with E-state index in [1.165, 1.54) is 56.1 Å². The lowest BCUT2D eigenvalue weighted by atomic mass is 10.1. The van der Waals surface area contributed by atoms with E-state index in [1.807, 2.05) is 0 Å². The van der Waals surface area contributed by atoms with E-state index < -0.39 is 0 Å². The summed E-state index contributed by atoms with van der Waals surface area (Å²) in [4.78, 5) is 0. The van der Waals surface area contributed by atoms with Gasteiger partial charge in [0.1, 0.15) is 0 Å². The van der Waals surface area contributed by atoms with E-state index in [2.05, 4.69) is 13.8 Å². The highest BCUT2D eigenvalue weighted by Crippen LogP contribution is 2.34. The molecule has 2 fully saturated rings. The van der Waals surface area contributed by atoms with Gasteiger partial charge in [0.15, 0.2) is 0 Å². The monoisotopic (exact) mass is 182 g/mol. The Balaban J connectivity index is 2.17. The van der Waals surface area contributed by atoms with Crippen LogP contribution < -0.4 is 0 Å². The van der Waals surface area contributed by atoms with Gasteiger partial charge >= 0.3 is 0 Å². The van der Waals surface area contributed by atoms with Crippen molar-refractivity contribution in [2.45, 2.75) is 64.5 Å². The SMILES string of the molecule is CC1CCCCC(C)[N+]12CCCC2. The smallest absolute Gasteiger partial charge is 0.0863 e. The molecule has 13 heavy (non-hydrogen) atoms. The lowest BCUT2D eigenvalue weighted by Crippen LogP contribution is -2.56. The van der Waals surface area contributed by atoms with Gasteiger partial charge in [-0.3, -0.25) is 0 Å². The van der Waals surface area contributed by atoms with Gasteiger partial charge in [-0.2, -0.15) is 0 Å². The van der Waals surface area contributed by atoms with Crippen molar-refractivity contribution < 1.29 is 4.48 Å². The molecule has 2 atom stereocenters. The molecular weight excluding hydrogens is 158 g/mol. The molecule has 2 aliphatic heterocycles. The maximum atomic E-state index is 2.49. The molecule has 0 aromatic rings. The topological polar surface area (TPSA) is 0 Å². The maximum Gasteiger partial charge on any atom is 0.0863 e. The van der Waals surface area contributed by atoms with E-state index in [0.29, 0.717) is 0 Å². The molecule has 2 saturated heterocycles. The van der Waals surface area contributed by atoms with E-state index in [1.54, 1.807) is 0 Å². The van der Waals surface area contributed by atoms with Crippen LogP contribution in [0, 0.1) is 0 Å². The van der Waals surface area contributed by atoms with Crippen molar-refractivity contribution in [1.29, 1.82) is 0 Å². The second-order valence-electron chi connectivity index (χ2n) is 5.24. The summed E-state index contributed by atoms with van der Waals surface area (Å²) in [7, 11) is 0. The van der Waals surface area contributed by atoms with Crippen LogP contribution in [0.1, 0.15) is 52.4 Å². The summed E-state index contributed by atoms with van der Waals surface area (Å²) in [5.74, 6) is 0.